The van der Waals surface area contributed by atoms with Crippen LogP contribution in [-0.2, 0) is 11.3 Å². The van der Waals surface area contributed by atoms with Gasteiger partial charge in [0.05, 0.1) is 6.61 Å². The van der Waals surface area contributed by atoms with Gasteiger partial charge in [0.2, 0.25) is 5.91 Å². The van der Waals surface area contributed by atoms with Crippen LogP contribution in [0.1, 0.15) is 50.7 Å². The summed E-state index contributed by atoms with van der Waals surface area (Å²) in [6.45, 7) is 9.68. The second-order valence-electron chi connectivity index (χ2n) is 7.24. The van der Waals surface area contributed by atoms with Gasteiger partial charge in [0.15, 0.2) is 0 Å². The second-order valence-corrected chi connectivity index (χ2v) is 7.24. The molecule has 0 radical (unpaired) electrons. The molecule has 1 amide bonds. The van der Waals surface area contributed by atoms with Crippen molar-refractivity contribution in [3.05, 3.63) is 29.3 Å². The third kappa shape index (κ3) is 7.66. The molecule has 1 heterocycles. The Labute approximate surface area is 158 Å². The first-order chi connectivity index (χ1) is 11.6. The molecular formula is C20H33ClN2O2. The van der Waals surface area contributed by atoms with Crippen molar-refractivity contribution in [2.75, 3.05) is 19.7 Å². The standard InChI is InChI=1S/C20H32N2O2.ClH/c1-15(2)5-4-12-24-19-13-16(3)6-7-18(19)14-22-20(23)17-8-10-21-11-9-17;/h6-7,13,15,17,21H,4-5,8-12,14H2,1-3H3,(H,22,23);1H. The molecular weight excluding hydrogens is 336 g/mol. The molecule has 0 aromatic heterocycles. The van der Waals surface area contributed by atoms with Crippen molar-refractivity contribution in [1.29, 1.82) is 0 Å². The topological polar surface area (TPSA) is 50.4 Å². The maximum absolute atomic E-state index is 12.3. The SMILES string of the molecule is Cc1ccc(CNC(=O)C2CCNCC2)c(OCCCC(C)C)c1.Cl. The van der Waals surface area contributed by atoms with Crippen molar-refractivity contribution in [3.8, 4) is 5.75 Å². The van der Waals surface area contributed by atoms with E-state index in [2.05, 4.69) is 49.6 Å². The lowest BCUT2D eigenvalue weighted by Crippen LogP contribution is -2.37. The van der Waals surface area contributed by atoms with E-state index in [-0.39, 0.29) is 24.2 Å². The lowest BCUT2D eigenvalue weighted by Gasteiger charge is -2.22. The number of halogens is 1. The van der Waals surface area contributed by atoms with Gasteiger partial charge in [0.25, 0.3) is 0 Å². The number of ether oxygens (including phenoxy) is 1. The van der Waals surface area contributed by atoms with Gasteiger partial charge in [0.1, 0.15) is 5.75 Å². The highest BCUT2D eigenvalue weighted by atomic mass is 35.5. The number of hydrogen-bond acceptors (Lipinski definition) is 3. The van der Waals surface area contributed by atoms with Crippen LogP contribution in [0, 0.1) is 18.8 Å². The molecule has 5 heteroatoms. The number of benzene rings is 1. The highest BCUT2D eigenvalue weighted by molar-refractivity contribution is 5.85. The second kappa shape index (κ2) is 11.4. The van der Waals surface area contributed by atoms with Crippen LogP contribution in [0.4, 0.5) is 0 Å². The molecule has 0 spiro atoms. The Morgan fingerprint density at radius 2 is 2.04 bits per heavy atom. The summed E-state index contributed by atoms with van der Waals surface area (Å²) in [5.74, 6) is 1.93. The molecule has 1 aromatic carbocycles. The molecule has 0 aliphatic carbocycles. The fourth-order valence-electron chi connectivity index (χ4n) is 3.03. The van der Waals surface area contributed by atoms with E-state index in [1.807, 2.05) is 0 Å². The molecule has 0 saturated carbocycles. The van der Waals surface area contributed by atoms with E-state index in [4.69, 9.17) is 4.74 Å². The zero-order valence-electron chi connectivity index (χ0n) is 15.8. The first-order valence-electron chi connectivity index (χ1n) is 9.27. The average Bonchev–Trinajstić information content (AvgIpc) is 2.58. The Balaban J connectivity index is 0.00000312. The summed E-state index contributed by atoms with van der Waals surface area (Å²) in [6, 6.07) is 6.21. The molecule has 142 valence electrons. The third-order valence-corrected chi connectivity index (χ3v) is 4.57. The fraction of sp³-hybridized carbons (Fsp3) is 0.650. The van der Waals surface area contributed by atoms with E-state index < -0.39 is 0 Å². The van der Waals surface area contributed by atoms with Gasteiger partial charge >= 0.3 is 0 Å². The minimum atomic E-state index is 0. The average molecular weight is 369 g/mol. The Bertz CT molecular complexity index is 528. The summed E-state index contributed by atoms with van der Waals surface area (Å²) >= 11 is 0. The number of rotatable bonds is 8. The molecule has 4 nitrogen and oxygen atoms in total. The van der Waals surface area contributed by atoms with Gasteiger partial charge in [-0.1, -0.05) is 26.0 Å². The number of amides is 1. The number of aryl methyl sites for hydroxylation is 1. The Kier molecular flexibility index (Phi) is 9.91. The third-order valence-electron chi connectivity index (χ3n) is 4.57. The van der Waals surface area contributed by atoms with Crippen molar-refractivity contribution < 1.29 is 9.53 Å². The lowest BCUT2D eigenvalue weighted by atomic mass is 9.97. The van der Waals surface area contributed by atoms with Crippen LogP contribution < -0.4 is 15.4 Å². The minimum absolute atomic E-state index is 0. The molecule has 1 aliphatic heterocycles. The van der Waals surface area contributed by atoms with E-state index in [1.54, 1.807) is 0 Å². The van der Waals surface area contributed by atoms with Crippen LogP contribution >= 0.6 is 12.4 Å². The van der Waals surface area contributed by atoms with Gasteiger partial charge in [-0.3, -0.25) is 4.79 Å². The van der Waals surface area contributed by atoms with Gasteiger partial charge in [0, 0.05) is 18.0 Å². The summed E-state index contributed by atoms with van der Waals surface area (Å²) in [7, 11) is 0. The quantitative estimate of drug-likeness (QED) is 0.685. The normalized spacial score (nSPS) is 14.9. The van der Waals surface area contributed by atoms with Crippen molar-refractivity contribution in [1.82, 2.24) is 10.6 Å². The summed E-state index contributed by atoms with van der Waals surface area (Å²) in [6.07, 6.45) is 4.09. The minimum Gasteiger partial charge on any atom is -0.493 e. The molecule has 0 atom stereocenters. The molecule has 1 fully saturated rings. The number of piperidine rings is 1. The smallest absolute Gasteiger partial charge is 0.223 e. The predicted octanol–water partition coefficient (Wildman–Crippen LogP) is 3.85. The first kappa shape index (κ1) is 21.8. The van der Waals surface area contributed by atoms with Gasteiger partial charge in [-0.05, 0) is 63.2 Å². The van der Waals surface area contributed by atoms with Crippen LogP contribution in [0.15, 0.2) is 18.2 Å². The maximum atomic E-state index is 12.3. The zero-order valence-corrected chi connectivity index (χ0v) is 16.6. The Morgan fingerprint density at radius 3 is 2.72 bits per heavy atom. The molecule has 1 aliphatic rings. The number of carbonyl (C=O) groups excluding carboxylic acids is 1. The zero-order chi connectivity index (χ0) is 17.4. The Hall–Kier alpha value is -1.26. The molecule has 2 rings (SSSR count). The number of hydrogen-bond donors (Lipinski definition) is 2. The summed E-state index contributed by atoms with van der Waals surface area (Å²) in [4.78, 5) is 12.3. The summed E-state index contributed by atoms with van der Waals surface area (Å²) in [5, 5.41) is 6.39. The van der Waals surface area contributed by atoms with Crippen molar-refractivity contribution in [2.45, 2.75) is 53.0 Å². The summed E-state index contributed by atoms with van der Waals surface area (Å²) in [5.41, 5.74) is 2.25. The van der Waals surface area contributed by atoms with Crippen molar-refractivity contribution in [2.24, 2.45) is 11.8 Å². The van der Waals surface area contributed by atoms with Crippen LogP contribution in [-0.4, -0.2) is 25.6 Å². The van der Waals surface area contributed by atoms with Crippen LogP contribution in [0.5, 0.6) is 5.75 Å². The van der Waals surface area contributed by atoms with Crippen molar-refractivity contribution >= 4 is 18.3 Å². The van der Waals surface area contributed by atoms with E-state index in [0.717, 1.165) is 50.3 Å². The largest absolute Gasteiger partial charge is 0.493 e. The van der Waals surface area contributed by atoms with Gasteiger partial charge in [-0.25, -0.2) is 0 Å². The fourth-order valence-corrected chi connectivity index (χ4v) is 3.03. The van der Waals surface area contributed by atoms with Crippen LogP contribution in [0.25, 0.3) is 0 Å². The predicted molar refractivity (Wildman–Crippen MR) is 105 cm³/mol. The van der Waals surface area contributed by atoms with Gasteiger partial charge < -0.3 is 15.4 Å². The molecule has 0 unspecified atom stereocenters. The number of nitrogens with one attached hydrogen (secondary N) is 2. The first-order valence-corrected chi connectivity index (χ1v) is 9.27. The maximum Gasteiger partial charge on any atom is 0.223 e. The molecule has 1 saturated heterocycles. The highest BCUT2D eigenvalue weighted by Gasteiger charge is 2.20. The molecule has 25 heavy (non-hydrogen) atoms. The van der Waals surface area contributed by atoms with E-state index in [1.165, 1.54) is 12.0 Å². The van der Waals surface area contributed by atoms with Gasteiger partial charge in [-0.2, -0.15) is 0 Å². The van der Waals surface area contributed by atoms with E-state index in [9.17, 15) is 4.79 Å². The van der Waals surface area contributed by atoms with E-state index >= 15 is 0 Å². The van der Waals surface area contributed by atoms with E-state index in [0.29, 0.717) is 12.5 Å². The van der Waals surface area contributed by atoms with Gasteiger partial charge in [-0.15, -0.1) is 12.4 Å². The molecule has 2 N–H and O–H groups in total. The van der Waals surface area contributed by atoms with Crippen LogP contribution in [0.3, 0.4) is 0 Å². The van der Waals surface area contributed by atoms with Crippen LogP contribution in [0.2, 0.25) is 0 Å². The number of carbonyl (C=O) groups is 1. The lowest BCUT2D eigenvalue weighted by molar-refractivity contribution is -0.125. The molecule has 0 bridgehead atoms. The Morgan fingerprint density at radius 1 is 1.32 bits per heavy atom. The van der Waals surface area contributed by atoms with Crippen molar-refractivity contribution in [3.63, 3.8) is 0 Å². The monoisotopic (exact) mass is 368 g/mol. The summed E-state index contributed by atoms with van der Waals surface area (Å²) < 4.78 is 5.98. The highest BCUT2D eigenvalue weighted by Crippen LogP contribution is 2.21. The molecule has 1 aromatic rings.